The fourth-order valence-electron chi connectivity index (χ4n) is 6.21. The van der Waals surface area contributed by atoms with Crippen molar-refractivity contribution in [3.63, 3.8) is 0 Å². The summed E-state index contributed by atoms with van der Waals surface area (Å²) in [4.78, 5) is -0.608. The van der Waals surface area contributed by atoms with Gasteiger partial charge in [-0.3, -0.25) is 0 Å². The largest absolute Gasteiger partial charge is 0.393 e. The number of alkyl halides is 1. The van der Waals surface area contributed by atoms with Crippen LogP contribution in [0.3, 0.4) is 0 Å². The molecule has 6 atom stereocenters. The molecule has 0 aromatic heterocycles. The number of hydrogen-bond donors (Lipinski definition) is 3. The van der Waals surface area contributed by atoms with Gasteiger partial charge in [0.2, 0.25) is 0 Å². The highest BCUT2D eigenvalue weighted by Gasteiger charge is 2.63. The predicted octanol–water partition coefficient (Wildman–Crippen LogP) is 4.01. The van der Waals surface area contributed by atoms with Gasteiger partial charge in [0.1, 0.15) is 0 Å². The first-order valence-electron chi connectivity index (χ1n) is 10.2. The molecular formula is C21H36ClNO2. The summed E-state index contributed by atoms with van der Waals surface area (Å²) in [5.74, 6) is 0.870. The van der Waals surface area contributed by atoms with Crippen LogP contribution in [0.4, 0.5) is 0 Å². The van der Waals surface area contributed by atoms with Crippen molar-refractivity contribution in [3.05, 3.63) is 11.6 Å². The second-order valence-electron chi connectivity index (χ2n) is 9.28. The second-order valence-corrected chi connectivity index (χ2v) is 9.95. The van der Waals surface area contributed by atoms with Gasteiger partial charge in [-0.05, 0) is 89.1 Å². The second kappa shape index (κ2) is 7.14. The monoisotopic (exact) mass is 369 g/mol. The number of aliphatic hydroxyl groups excluding tert-OH is 1. The Kier molecular flexibility index (Phi) is 5.62. The molecule has 0 aromatic carbocycles. The molecule has 0 aromatic rings. The summed E-state index contributed by atoms with van der Waals surface area (Å²) in [6, 6.07) is 0. The molecule has 0 amide bonds. The molecule has 3 fully saturated rings. The van der Waals surface area contributed by atoms with Crippen LogP contribution in [-0.4, -0.2) is 40.9 Å². The zero-order chi connectivity index (χ0) is 18.3. The van der Waals surface area contributed by atoms with E-state index in [0.717, 1.165) is 51.4 Å². The maximum absolute atomic E-state index is 11.7. The first-order chi connectivity index (χ1) is 11.8. The number of hydrogen-bond acceptors (Lipinski definition) is 3. The highest BCUT2D eigenvalue weighted by Crippen LogP contribution is 2.63. The maximum atomic E-state index is 11.7. The van der Waals surface area contributed by atoms with Crippen molar-refractivity contribution in [2.45, 2.75) is 87.7 Å². The zero-order valence-electron chi connectivity index (χ0n) is 16.2. The van der Waals surface area contributed by atoms with Gasteiger partial charge >= 0.3 is 0 Å². The quantitative estimate of drug-likeness (QED) is 0.446. The number of aliphatic hydroxyl groups is 2. The smallest absolute Gasteiger partial charge is 0.0918 e. The minimum atomic E-state index is -0.757. The first-order valence-corrected chi connectivity index (χ1v) is 10.6. The van der Waals surface area contributed by atoms with E-state index < -0.39 is 10.5 Å². The van der Waals surface area contributed by atoms with Crippen LogP contribution in [0.2, 0.25) is 0 Å². The van der Waals surface area contributed by atoms with Crippen molar-refractivity contribution in [1.82, 2.24) is 5.32 Å². The van der Waals surface area contributed by atoms with E-state index in [1.807, 2.05) is 14.1 Å². The summed E-state index contributed by atoms with van der Waals surface area (Å²) in [5, 5.41) is 24.5. The third-order valence-electron chi connectivity index (χ3n) is 7.57. The Balaban J connectivity index is 0.000000569. The van der Waals surface area contributed by atoms with Gasteiger partial charge in [-0.1, -0.05) is 25.0 Å². The maximum Gasteiger partial charge on any atom is 0.0918 e. The molecule has 3 N–H and O–H groups in total. The summed E-state index contributed by atoms with van der Waals surface area (Å²) in [7, 11) is 3.75. The summed E-state index contributed by atoms with van der Waals surface area (Å²) in [6.45, 7) is 2.37. The lowest BCUT2D eigenvalue weighted by Crippen LogP contribution is -2.60. The molecule has 0 radical (unpaired) electrons. The summed E-state index contributed by atoms with van der Waals surface area (Å²) < 4.78 is 0. The normalized spacial score (nSPS) is 48.9. The van der Waals surface area contributed by atoms with Crippen molar-refractivity contribution < 1.29 is 10.2 Å². The van der Waals surface area contributed by atoms with Gasteiger partial charge in [0.15, 0.2) is 0 Å². The third kappa shape index (κ3) is 3.31. The lowest BCUT2D eigenvalue weighted by atomic mass is 9.56. The highest BCUT2D eigenvalue weighted by atomic mass is 35.5. The molecule has 0 heterocycles. The van der Waals surface area contributed by atoms with Crippen LogP contribution >= 0.6 is 11.6 Å². The minimum absolute atomic E-state index is 0.214. The van der Waals surface area contributed by atoms with E-state index in [0.29, 0.717) is 11.8 Å². The van der Waals surface area contributed by atoms with Crippen LogP contribution in [0, 0.1) is 17.3 Å². The van der Waals surface area contributed by atoms with E-state index in [-0.39, 0.29) is 11.5 Å². The van der Waals surface area contributed by atoms with Crippen molar-refractivity contribution in [2.24, 2.45) is 17.3 Å². The third-order valence-corrected chi connectivity index (χ3v) is 8.20. The van der Waals surface area contributed by atoms with Gasteiger partial charge in [0.25, 0.3) is 0 Å². The van der Waals surface area contributed by atoms with E-state index in [9.17, 15) is 10.2 Å². The van der Waals surface area contributed by atoms with Gasteiger partial charge in [-0.15, -0.1) is 11.6 Å². The molecule has 0 aliphatic heterocycles. The van der Waals surface area contributed by atoms with Crippen molar-refractivity contribution in [2.75, 3.05) is 14.1 Å². The molecule has 0 spiro atoms. The molecule has 3 saturated carbocycles. The average molecular weight is 370 g/mol. The average Bonchev–Trinajstić information content (AvgIpc) is 2.90. The number of rotatable bonds is 0. The van der Waals surface area contributed by atoms with Crippen molar-refractivity contribution in [1.29, 1.82) is 0 Å². The topological polar surface area (TPSA) is 52.5 Å². The van der Waals surface area contributed by atoms with E-state index in [1.165, 1.54) is 18.4 Å². The SMILES string of the molecule is CC12CCCC1[C@@]1(O)CCC3CCC(O)CC3=CC1(Cl)CC2.CNC. The number of fused-ring (bicyclic) bond motifs is 4. The van der Waals surface area contributed by atoms with Crippen molar-refractivity contribution >= 4 is 11.6 Å². The Morgan fingerprint density at radius 3 is 2.52 bits per heavy atom. The van der Waals surface area contributed by atoms with Crippen LogP contribution in [0.5, 0.6) is 0 Å². The van der Waals surface area contributed by atoms with Crippen molar-refractivity contribution in [3.8, 4) is 0 Å². The summed E-state index contributed by atoms with van der Waals surface area (Å²) >= 11 is 7.11. The Labute approximate surface area is 158 Å². The van der Waals surface area contributed by atoms with Crippen LogP contribution in [0.25, 0.3) is 0 Å². The predicted molar refractivity (Wildman–Crippen MR) is 104 cm³/mol. The molecule has 144 valence electrons. The fraction of sp³-hybridized carbons (Fsp3) is 0.905. The molecule has 4 aliphatic carbocycles. The van der Waals surface area contributed by atoms with E-state index >= 15 is 0 Å². The molecule has 3 nitrogen and oxygen atoms in total. The van der Waals surface area contributed by atoms with Gasteiger partial charge in [-0.25, -0.2) is 0 Å². The molecule has 0 bridgehead atoms. The molecule has 25 heavy (non-hydrogen) atoms. The number of nitrogens with one attached hydrogen (secondary N) is 1. The fourth-order valence-corrected chi connectivity index (χ4v) is 6.68. The Bertz CT molecular complexity index is 524. The van der Waals surface area contributed by atoms with Crippen LogP contribution < -0.4 is 5.32 Å². The van der Waals surface area contributed by atoms with E-state index in [1.54, 1.807) is 0 Å². The lowest BCUT2D eigenvalue weighted by molar-refractivity contribution is -0.116. The molecule has 5 unspecified atom stereocenters. The van der Waals surface area contributed by atoms with Gasteiger partial charge in [-0.2, -0.15) is 0 Å². The zero-order valence-corrected chi connectivity index (χ0v) is 16.9. The molecule has 0 saturated heterocycles. The Hall–Kier alpha value is -0.0900. The lowest BCUT2D eigenvalue weighted by Gasteiger charge is -2.55. The molecule has 4 heteroatoms. The first kappa shape index (κ1) is 19.7. The van der Waals surface area contributed by atoms with Crippen LogP contribution in [0.1, 0.15) is 71.1 Å². The van der Waals surface area contributed by atoms with Gasteiger partial charge < -0.3 is 15.5 Å². The van der Waals surface area contributed by atoms with Gasteiger partial charge in [0.05, 0.1) is 16.6 Å². The Morgan fingerprint density at radius 1 is 1.08 bits per heavy atom. The molecule has 4 aliphatic rings. The van der Waals surface area contributed by atoms with Crippen LogP contribution in [0.15, 0.2) is 11.6 Å². The van der Waals surface area contributed by atoms with Crippen LogP contribution in [-0.2, 0) is 0 Å². The summed E-state index contributed by atoms with van der Waals surface area (Å²) in [5.41, 5.74) is 0.847. The summed E-state index contributed by atoms with van der Waals surface area (Å²) in [6.07, 6.45) is 12.2. The molecule has 4 rings (SSSR count). The standard InChI is InChI=1S/C19H29ClO2.C2H7N/c1-17-7-2-3-16(17)19(22)8-6-13-4-5-15(21)11-14(13)12-18(19,20)10-9-17;1-3-2/h12-13,15-16,21-22H,2-11H2,1H3;3H,1-2H3/t13?,15?,16?,17?,18?,19-;/m0./s1. The highest BCUT2D eigenvalue weighted by molar-refractivity contribution is 6.26. The van der Waals surface area contributed by atoms with E-state index in [4.69, 9.17) is 11.6 Å². The molecular weight excluding hydrogens is 334 g/mol. The van der Waals surface area contributed by atoms with Gasteiger partial charge in [0, 0.05) is 0 Å². The Morgan fingerprint density at radius 2 is 1.80 bits per heavy atom. The minimum Gasteiger partial charge on any atom is -0.393 e. The number of halogens is 1. The van der Waals surface area contributed by atoms with E-state index in [2.05, 4.69) is 18.3 Å².